The summed E-state index contributed by atoms with van der Waals surface area (Å²) in [5.74, 6) is 1.46. The number of fused-ring (bicyclic) bond motifs is 1. The Balaban J connectivity index is 1.44. The molecule has 3 aromatic rings. The molecule has 4 rings (SSSR count). The number of nitrogens with one attached hydrogen (secondary N) is 2. The molecule has 0 spiro atoms. The van der Waals surface area contributed by atoms with Gasteiger partial charge in [-0.05, 0) is 36.2 Å². The number of carbonyl (C=O) groups excluding carboxylic acids is 1. The van der Waals surface area contributed by atoms with Crippen LogP contribution in [0.15, 0.2) is 54.7 Å². The third kappa shape index (κ3) is 4.03. The van der Waals surface area contributed by atoms with Crippen LogP contribution in [0.5, 0.6) is 11.5 Å². The Morgan fingerprint density at radius 2 is 1.89 bits per heavy atom. The predicted molar refractivity (Wildman–Crippen MR) is 105 cm³/mol. The van der Waals surface area contributed by atoms with E-state index in [-0.39, 0.29) is 5.91 Å². The Bertz CT molecular complexity index is 1010. The summed E-state index contributed by atoms with van der Waals surface area (Å²) in [6.45, 7) is 3.52. The highest BCUT2D eigenvalue weighted by atomic mass is 16.6. The minimum absolute atomic E-state index is 0.254. The van der Waals surface area contributed by atoms with Gasteiger partial charge in [0.15, 0.2) is 11.5 Å². The molecule has 2 N–H and O–H groups in total. The highest BCUT2D eigenvalue weighted by molar-refractivity contribution is 5.92. The Kier molecular flexibility index (Phi) is 5.05. The maximum atomic E-state index is 12.5. The largest absolute Gasteiger partial charge is 0.486 e. The normalized spacial score (nSPS) is 12.3. The topological polar surface area (TPSA) is 85.4 Å². The third-order valence-electron chi connectivity index (χ3n) is 4.39. The van der Waals surface area contributed by atoms with Gasteiger partial charge in [-0.15, -0.1) is 0 Å². The smallest absolute Gasteiger partial charge is 0.270 e. The van der Waals surface area contributed by atoms with E-state index in [9.17, 15) is 4.79 Å². The van der Waals surface area contributed by atoms with Crippen LogP contribution in [-0.2, 0) is 6.54 Å². The standard InChI is InChI=1S/C21H20N4O3/c1-14-4-2-3-5-15(14)13-23-20(26)17-8-9-22-21(25-17)24-16-6-7-18-19(12-16)28-11-10-27-18/h2-9,12H,10-11,13H2,1H3,(H,23,26)(H,22,24,25). The molecule has 1 aliphatic rings. The molecule has 0 saturated heterocycles. The molecular formula is C21H20N4O3. The first-order valence-electron chi connectivity index (χ1n) is 9.01. The van der Waals surface area contributed by atoms with E-state index in [0.717, 1.165) is 16.8 Å². The third-order valence-corrected chi connectivity index (χ3v) is 4.39. The molecule has 7 heteroatoms. The lowest BCUT2D eigenvalue weighted by Crippen LogP contribution is -2.24. The van der Waals surface area contributed by atoms with Crippen molar-refractivity contribution in [2.45, 2.75) is 13.5 Å². The molecule has 0 aliphatic carbocycles. The average molecular weight is 376 g/mol. The molecule has 0 radical (unpaired) electrons. The highest BCUT2D eigenvalue weighted by Crippen LogP contribution is 2.33. The second kappa shape index (κ2) is 7.96. The van der Waals surface area contributed by atoms with Crippen molar-refractivity contribution in [2.24, 2.45) is 0 Å². The number of hydrogen-bond acceptors (Lipinski definition) is 6. The van der Waals surface area contributed by atoms with Crippen LogP contribution in [0.3, 0.4) is 0 Å². The zero-order chi connectivity index (χ0) is 19.3. The van der Waals surface area contributed by atoms with Gasteiger partial charge >= 0.3 is 0 Å². The maximum absolute atomic E-state index is 12.5. The first kappa shape index (κ1) is 17.8. The van der Waals surface area contributed by atoms with Crippen molar-refractivity contribution >= 4 is 17.5 Å². The van der Waals surface area contributed by atoms with Crippen molar-refractivity contribution in [1.29, 1.82) is 0 Å². The molecule has 2 heterocycles. The number of aryl methyl sites for hydroxylation is 1. The number of carbonyl (C=O) groups is 1. The van der Waals surface area contributed by atoms with Crippen molar-refractivity contribution in [3.05, 3.63) is 71.5 Å². The first-order chi connectivity index (χ1) is 13.7. The molecule has 0 saturated carbocycles. The van der Waals surface area contributed by atoms with Crippen LogP contribution in [0, 0.1) is 6.92 Å². The lowest BCUT2D eigenvalue weighted by Gasteiger charge is -2.19. The van der Waals surface area contributed by atoms with E-state index >= 15 is 0 Å². The molecule has 1 aliphatic heterocycles. The zero-order valence-electron chi connectivity index (χ0n) is 15.4. The van der Waals surface area contributed by atoms with Gasteiger partial charge in [0.2, 0.25) is 5.95 Å². The van der Waals surface area contributed by atoms with Crippen molar-refractivity contribution in [3.63, 3.8) is 0 Å². The number of rotatable bonds is 5. The van der Waals surface area contributed by atoms with Crippen LogP contribution >= 0.6 is 0 Å². The summed E-state index contributed by atoms with van der Waals surface area (Å²) in [6.07, 6.45) is 1.55. The molecule has 7 nitrogen and oxygen atoms in total. The van der Waals surface area contributed by atoms with Crippen molar-refractivity contribution in [2.75, 3.05) is 18.5 Å². The van der Waals surface area contributed by atoms with Gasteiger partial charge < -0.3 is 20.1 Å². The van der Waals surface area contributed by atoms with Crippen molar-refractivity contribution in [3.8, 4) is 11.5 Å². The maximum Gasteiger partial charge on any atom is 0.270 e. The quantitative estimate of drug-likeness (QED) is 0.711. The number of amides is 1. The number of hydrogen-bond donors (Lipinski definition) is 2. The summed E-state index contributed by atoms with van der Waals surface area (Å²) in [6, 6.07) is 15.0. The highest BCUT2D eigenvalue weighted by Gasteiger charge is 2.13. The summed E-state index contributed by atoms with van der Waals surface area (Å²) in [5, 5.41) is 5.99. The predicted octanol–water partition coefficient (Wildman–Crippen LogP) is 3.23. The van der Waals surface area contributed by atoms with Gasteiger partial charge in [-0.3, -0.25) is 4.79 Å². The Hall–Kier alpha value is -3.61. The summed E-state index contributed by atoms with van der Waals surface area (Å²) in [4.78, 5) is 21.0. The first-order valence-corrected chi connectivity index (χ1v) is 9.01. The second-order valence-corrected chi connectivity index (χ2v) is 6.36. The van der Waals surface area contributed by atoms with Crippen LogP contribution in [-0.4, -0.2) is 29.1 Å². The molecular weight excluding hydrogens is 356 g/mol. The van der Waals surface area contributed by atoms with E-state index in [1.54, 1.807) is 12.3 Å². The summed E-state index contributed by atoms with van der Waals surface area (Å²) >= 11 is 0. The lowest BCUT2D eigenvalue weighted by molar-refractivity contribution is 0.0946. The van der Waals surface area contributed by atoms with E-state index < -0.39 is 0 Å². The van der Waals surface area contributed by atoms with Gasteiger partial charge in [0, 0.05) is 24.5 Å². The molecule has 1 aromatic heterocycles. The van der Waals surface area contributed by atoms with Crippen molar-refractivity contribution < 1.29 is 14.3 Å². The summed E-state index contributed by atoms with van der Waals surface area (Å²) in [7, 11) is 0. The number of benzene rings is 2. The molecule has 2 aromatic carbocycles. The molecule has 0 fully saturated rings. The van der Waals surface area contributed by atoms with Gasteiger partial charge in [-0.1, -0.05) is 24.3 Å². The Morgan fingerprint density at radius 1 is 1.07 bits per heavy atom. The lowest BCUT2D eigenvalue weighted by atomic mass is 10.1. The van der Waals surface area contributed by atoms with E-state index in [2.05, 4.69) is 20.6 Å². The molecule has 142 valence electrons. The van der Waals surface area contributed by atoms with Crippen molar-refractivity contribution in [1.82, 2.24) is 15.3 Å². The fourth-order valence-electron chi connectivity index (χ4n) is 2.87. The number of nitrogens with zero attached hydrogens (tertiary/aromatic N) is 2. The van der Waals surface area contributed by atoms with Gasteiger partial charge in [-0.25, -0.2) is 9.97 Å². The number of aromatic nitrogens is 2. The molecule has 0 unspecified atom stereocenters. The van der Waals surface area contributed by atoms with E-state index in [0.29, 0.717) is 42.9 Å². The fourth-order valence-corrected chi connectivity index (χ4v) is 2.87. The minimum Gasteiger partial charge on any atom is -0.486 e. The second-order valence-electron chi connectivity index (χ2n) is 6.36. The monoisotopic (exact) mass is 376 g/mol. The van der Waals surface area contributed by atoms with Crippen LogP contribution < -0.4 is 20.1 Å². The SMILES string of the molecule is Cc1ccccc1CNC(=O)c1ccnc(Nc2ccc3c(c2)OCCO3)n1. The van der Waals surface area contributed by atoms with Gasteiger partial charge in [0.25, 0.3) is 5.91 Å². The summed E-state index contributed by atoms with van der Waals surface area (Å²) < 4.78 is 11.1. The summed E-state index contributed by atoms with van der Waals surface area (Å²) in [5.41, 5.74) is 3.25. The number of anilines is 2. The van der Waals surface area contributed by atoms with E-state index in [1.165, 1.54) is 0 Å². The Morgan fingerprint density at radius 3 is 2.75 bits per heavy atom. The average Bonchev–Trinajstić information content (AvgIpc) is 2.73. The van der Waals surface area contributed by atoms with Crippen LogP contribution in [0.4, 0.5) is 11.6 Å². The minimum atomic E-state index is -0.254. The van der Waals surface area contributed by atoms with E-state index in [4.69, 9.17) is 9.47 Å². The fraction of sp³-hybridized carbons (Fsp3) is 0.190. The van der Waals surface area contributed by atoms with E-state index in [1.807, 2.05) is 49.4 Å². The van der Waals surface area contributed by atoms with Gasteiger partial charge in [0.1, 0.15) is 18.9 Å². The number of ether oxygens (including phenoxy) is 2. The molecule has 0 atom stereocenters. The van der Waals surface area contributed by atoms with Crippen LogP contribution in [0.2, 0.25) is 0 Å². The van der Waals surface area contributed by atoms with Gasteiger partial charge in [0.05, 0.1) is 0 Å². The van der Waals surface area contributed by atoms with Crippen LogP contribution in [0.25, 0.3) is 0 Å². The molecule has 1 amide bonds. The zero-order valence-corrected chi connectivity index (χ0v) is 15.4. The molecule has 28 heavy (non-hydrogen) atoms. The molecule has 0 bridgehead atoms. The van der Waals surface area contributed by atoms with Crippen LogP contribution in [0.1, 0.15) is 21.6 Å². The van der Waals surface area contributed by atoms with Gasteiger partial charge in [-0.2, -0.15) is 0 Å². The Labute approximate surface area is 162 Å².